The van der Waals surface area contributed by atoms with Gasteiger partial charge in [0.1, 0.15) is 5.82 Å². The van der Waals surface area contributed by atoms with Crippen LogP contribution < -0.4 is 4.90 Å². The molecule has 2 heterocycles. The Balaban J connectivity index is 1.44. The third kappa shape index (κ3) is 5.47. The average molecular weight is 448 g/mol. The van der Waals surface area contributed by atoms with E-state index in [2.05, 4.69) is 24.1 Å². The molecular formula is C25H29N5OS. The van der Waals surface area contributed by atoms with Crippen LogP contribution in [0.15, 0.2) is 65.8 Å². The summed E-state index contributed by atoms with van der Waals surface area (Å²) in [6, 6.07) is 20.1. The Hall–Kier alpha value is -2.90. The van der Waals surface area contributed by atoms with Crippen LogP contribution in [0.5, 0.6) is 0 Å². The number of carbonyl (C=O) groups is 1. The lowest BCUT2D eigenvalue weighted by atomic mass is 10.1. The molecule has 6 nitrogen and oxygen atoms in total. The lowest BCUT2D eigenvalue weighted by Crippen LogP contribution is -2.47. The standard InChI is InChI=1S/C25H29N5OS/c1-28(2)23-17-22(20-7-5-4-6-8-20)26-25(27-23)32-18-19-9-11-21(12-10-19)24(31)30-15-13-29(3)14-16-30/h4-12,17H,13-16,18H2,1-3H3. The molecule has 0 aliphatic carbocycles. The van der Waals surface area contributed by atoms with Crippen LogP contribution in [0.2, 0.25) is 0 Å². The number of aromatic nitrogens is 2. The molecule has 0 saturated carbocycles. The first-order chi connectivity index (χ1) is 15.5. The van der Waals surface area contributed by atoms with E-state index in [0.717, 1.165) is 65.3 Å². The van der Waals surface area contributed by atoms with Gasteiger partial charge in [-0.05, 0) is 24.7 Å². The molecule has 1 aromatic heterocycles. The fourth-order valence-electron chi connectivity index (χ4n) is 3.55. The van der Waals surface area contributed by atoms with Gasteiger partial charge in [0.2, 0.25) is 0 Å². The SMILES string of the molecule is CN1CCN(C(=O)c2ccc(CSc3nc(-c4ccccc4)cc(N(C)C)n3)cc2)CC1. The van der Waals surface area contributed by atoms with Gasteiger partial charge in [-0.15, -0.1) is 0 Å². The number of anilines is 1. The zero-order chi connectivity index (χ0) is 22.5. The minimum atomic E-state index is 0.117. The highest BCUT2D eigenvalue weighted by molar-refractivity contribution is 7.98. The third-order valence-corrected chi connectivity index (χ3v) is 6.50. The summed E-state index contributed by atoms with van der Waals surface area (Å²) in [6.45, 7) is 3.43. The molecule has 0 bridgehead atoms. The Kier molecular flexibility index (Phi) is 7.07. The molecule has 0 radical (unpaired) electrons. The number of hydrogen-bond acceptors (Lipinski definition) is 6. The monoisotopic (exact) mass is 447 g/mol. The highest BCUT2D eigenvalue weighted by atomic mass is 32.2. The van der Waals surface area contributed by atoms with Crippen molar-refractivity contribution in [1.29, 1.82) is 0 Å². The van der Waals surface area contributed by atoms with Crippen LogP contribution in [0, 0.1) is 0 Å². The number of hydrogen-bond donors (Lipinski definition) is 0. The molecule has 2 aromatic carbocycles. The Morgan fingerprint density at radius 1 is 0.969 bits per heavy atom. The summed E-state index contributed by atoms with van der Waals surface area (Å²) in [7, 11) is 6.07. The van der Waals surface area contributed by atoms with Crippen LogP contribution in [0.1, 0.15) is 15.9 Å². The molecule has 0 spiro atoms. The predicted molar refractivity (Wildman–Crippen MR) is 131 cm³/mol. The van der Waals surface area contributed by atoms with Crippen LogP contribution >= 0.6 is 11.8 Å². The summed E-state index contributed by atoms with van der Waals surface area (Å²) in [6.07, 6.45) is 0. The maximum absolute atomic E-state index is 12.7. The first-order valence-electron chi connectivity index (χ1n) is 10.8. The molecule has 1 saturated heterocycles. The van der Waals surface area contributed by atoms with Crippen molar-refractivity contribution in [3.8, 4) is 11.3 Å². The second-order valence-electron chi connectivity index (χ2n) is 8.24. The number of nitrogens with zero attached hydrogens (tertiary/aromatic N) is 5. The van der Waals surface area contributed by atoms with E-state index in [0.29, 0.717) is 0 Å². The van der Waals surface area contributed by atoms with Gasteiger partial charge < -0.3 is 14.7 Å². The molecule has 1 fully saturated rings. The summed E-state index contributed by atoms with van der Waals surface area (Å²) in [4.78, 5) is 28.4. The maximum Gasteiger partial charge on any atom is 0.253 e. The van der Waals surface area contributed by atoms with Gasteiger partial charge in [-0.1, -0.05) is 54.2 Å². The van der Waals surface area contributed by atoms with Crippen LogP contribution in [0.3, 0.4) is 0 Å². The number of carbonyl (C=O) groups excluding carboxylic acids is 1. The largest absolute Gasteiger partial charge is 0.363 e. The highest BCUT2D eigenvalue weighted by Crippen LogP contribution is 2.27. The molecule has 3 aromatic rings. The van der Waals surface area contributed by atoms with Crippen molar-refractivity contribution in [3.05, 3.63) is 71.8 Å². The Morgan fingerprint density at radius 2 is 1.66 bits per heavy atom. The van der Waals surface area contributed by atoms with Crippen molar-refractivity contribution < 1.29 is 4.79 Å². The number of amides is 1. The lowest BCUT2D eigenvalue weighted by molar-refractivity contribution is 0.0664. The van der Waals surface area contributed by atoms with Gasteiger partial charge >= 0.3 is 0 Å². The zero-order valence-corrected chi connectivity index (χ0v) is 19.7. The third-order valence-electron chi connectivity index (χ3n) is 5.58. The number of rotatable bonds is 6. The Labute approximate surface area is 194 Å². The summed E-state index contributed by atoms with van der Waals surface area (Å²) in [5.74, 6) is 1.75. The molecule has 166 valence electrons. The molecular weight excluding hydrogens is 418 g/mol. The molecule has 1 amide bonds. The molecule has 1 aliphatic heterocycles. The van der Waals surface area contributed by atoms with Crippen molar-refractivity contribution in [2.45, 2.75) is 10.9 Å². The predicted octanol–water partition coefficient (Wildman–Crippen LogP) is 3.89. The van der Waals surface area contributed by atoms with E-state index in [9.17, 15) is 4.79 Å². The molecule has 7 heteroatoms. The van der Waals surface area contributed by atoms with E-state index in [1.807, 2.05) is 72.4 Å². The average Bonchev–Trinajstić information content (AvgIpc) is 2.83. The normalized spacial score (nSPS) is 14.4. The number of likely N-dealkylation sites (N-methyl/N-ethyl adjacent to an activating group) is 1. The van der Waals surface area contributed by atoms with E-state index >= 15 is 0 Å². The van der Waals surface area contributed by atoms with Gasteiger partial charge in [-0.2, -0.15) is 0 Å². The quantitative estimate of drug-likeness (QED) is 0.422. The molecule has 0 atom stereocenters. The van der Waals surface area contributed by atoms with Crippen LogP contribution in [0.4, 0.5) is 5.82 Å². The van der Waals surface area contributed by atoms with Gasteiger partial charge in [0.25, 0.3) is 5.91 Å². The summed E-state index contributed by atoms with van der Waals surface area (Å²) in [5, 5.41) is 0.743. The van der Waals surface area contributed by atoms with Crippen molar-refractivity contribution in [2.75, 3.05) is 52.2 Å². The highest BCUT2D eigenvalue weighted by Gasteiger charge is 2.20. The van der Waals surface area contributed by atoms with Crippen LogP contribution in [0.25, 0.3) is 11.3 Å². The maximum atomic E-state index is 12.7. The lowest BCUT2D eigenvalue weighted by Gasteiger charge is -2.32. The Morgan fingerprint density at radius 3 is 2.31 bits per heavy atom. The van der Waals surface area contributed by atoms with Crippen LogP contribution in [-0.2, 0) is 5.75 Å². The van der Waals surface area contributed by atoms with E-state index in [1.165, 1.54) is 0 Å². The minimum Gasteiger partial charge on any atom is -0.363 e. The van der Waals surface area contributed by atoms with E-state index in [4.69, 9.17) is 9.97 Å². The number of benzene rings is 2. The van der Waals surface area contributed by atoms with E-state index in [-0.39, 0.29) is 5.91 Å². The molecule has 1 aliphatic rings. The fraction of sp³-hybridized carbons (Fsp3) is 0.320. The first kappa shape index (κ1) is 22.3. The van der Waals surface area contributed by atoms with Gasteiger partial charge in [0.05, 0.1) is 5.69 Å². The topological polar surface area (TPSA) is 52.6 Å². The smallest absolute Gasteiger partial charge is 0.253 e. The number of piperazine rings is 1. The van der Waals surface area contributed by atoms with Gasteiger partial charge in [-0.3, -0.25) is 4.79 Å². The second-order valence-corrected chi connectivity index (χ2v) is 9.18. The van der Waals surface area contributed by atoms with Crippen LogP contribution in [-0.4, -0.2) is 73.0 Å². The molecule has 0 unspecified atom stereocenters. The molecule has 4 rings (SSSR count). The summed E-state index contributed by atoms with van der Waals surface area (Å²) < 4.78 is 0. The van der Waals surface area contributed by atoms with Gasteiger partial charge in [0.15, 0.2) is 5.16 Å². The molecule has 0 N–H and O–H groups in total. The van der Waals surface area contributed by atoms with Crippen molar-refractivity contribution >= 4 is 23.5 Å². The van der Waals surface area contributed by atoms with E-state index in [1.54, 1.807) is 11.8 Å². The Bertz CT molecular complexity index is 1050. The zero-order valence-electron chi connectivity index (χ0n) is 18.9. The van der Waals surface area contributed by atoms with Crippen molar-refractivity contribution in [3.63, 3.8) is 0 Å². The van der Waals surface area contributed by atoms with Crippen molar-refractivity contribution in [1.82, 2.24) is 19.8 Å². The minimum absolute atomic E-state index is 0.117. The number of thioether (sulfide) groups is 1. The fourth-order valence-corrected chi connectivity index (χ4v) is 4.36. The summed E-state index contributed by atoms with van der Waals surface area (Å²) >= 11 is 1.61. The summed E-state index contributed by atoms with van der Waals surface area (Å²) in [5.41, 5.74) is 3.89. The molecule has 32 heavy (non-hydrogen) atoms. The van der Waals surface area contributed by atoms with Gasteiger partial charge in [-0.25, -0.2) is 9.97 Å². The van der Waals surface area contributed by atoms with Gasteiger partial charge in [0, 0.05) is 63.2 Å². The second kappa shape index (κ2) is 10.1. The van der Waals surface area contributed by atoms with E-state index < -0.39 is 0 Å². The van der Waals surface area contributed by atoms with Crippen molar-refractivity contribution in [2.24, 2.45) is 0 Å². The first-order valence-corrected chi connectivity index (χ1v) is 11.8.